The van der Waals surface area contributed by atoms with Crippen molar-refractivity contribution in [1.82, 2.24) is 0 Å². The van der Waals surface area contributed by atoms with Crippen LogP contribution in [0.5, 0.6) is 11.5 Å². The van der Waals surface area contributed by atoms with Crippen LogP contribution in [-0.4, -0.2) is 32.0 Å². The zero-order valence-electron chi connectivity index (χ0n) is 16.8. The minimum Gasteiger partial charge on any atom is -0.545 e. The Morgan fingerprint density at radius 1 is 0.677 bits per heavy atom. The third-order valence-electron chi connectivity index (χ3n) is 4.42. The van der Waals surface area contributed by atoms with Crippen LogP contribution >= 0.6 is 0 Å². The average molecular weight is 419 g/mol. The molecule has 0 aliphatic heterocycles. The molecule has 0 radical (unpaired) electrons. The molecule has 0 fully saturated rings. The fraction of sp³-hybridized carbons (Fsp3) is 0.0870. The summed E-state index contributed by atoms with van der Waals surface area (Å²) in [7, 11) is 2.97. The Balaban J connectivity index is 1.90. The number of carbonyl (C=O) groups excluding carboxylic acids is 3. The minimum atomic E-state index is -1.41. The number of nitrogens with one attached hydrogen (secondary N) is 2. The molecular formula is C23H19N2O6-. The first-order valence-corrected chi connectivity index (χ1v) is 9.17. The van der Waals surface area contributed by atoms with Crippen molar-refractivity contribution in [2.45, 2.75) is 0 Å². The van der Waals surface area contributed by atoms with Crippen LogP contribution in [0.4, 0.5) is 11.4 Å². The first kappa shape index (κ1) is 21.4. The summed E-state index contributed by atoms with van der Waals surface area (Å²) in [6.07, 6.45) is 0. The van der Waals surface area contributed by atoms with Gasteiger partial charge >= 0.3 is 0 Å². The van der Waals surface area contributed by atoms with Gasteiger partial charge in [0, 0.05) is 11.1 Å². The van der Waals surface area contributed by atoms with Crippen molar-refractivity contribution in [3.8, 4) is 11.5 Å². The number of ether oxygens (including phenoxy) is 2. The molecule has 3 aromatic rings. The van der Waals surface area contributed by atoms with Crippen LogP contribution in [0.1, 0.15) is 31.1 Å². The highest BCUT2D eigenvalue weighted by Crippen LogP contribution is 2.26. The number of methoxy groups -OCH3 is 2. The molecule has 0 saturated heterocycles. The quantitative estimate of drug-likeness (QED) is 0.608. The number of rotatable bonds is 7. The fourth-order valence-corrected chi connectivity index (χ4v) is 2.80. The summed E-state index contributed by atoms with van der Waals surface area (Å²) in [5.74, 6) is -1.39. The maximum atomic E-state index is 12.7. The zero-order valence-corrected chi connectivity index (χ0v) is 16.8. The SMILES string of the molecule is COc1cccc(C(=O)Nc2ccc(C(=O)[O-])cc2NC(=O)c2cccc(OC)c2)c1. The molecule has 0 bridgehead atoms. The normalized spacial score (nSPS) is 10.1. The Bertz CT molecular complexity index is 1140. The molecule has 0 saturated carbocycles. The fourth-order valence-electron chi connectivity index (χ4n) is 2.80. The van der Waals surface area contributed by atoms with E-state index in [4.69, 9.17) is 9.47 Å². The van der Waals surface area contributed by atoms with Crippen molar-refractivity contribution in [3.63, 3.8) is 0 Å². The van der Waals surface area contributed by atoms with Gasteiger partial charge in [-0.25, -0.2) is 0 Å². The number of benzene rings is 3. The van der Waals surface area contributed by atoms with Gasteiger partial charge in [-0.15, -0.1) is 0 Å². The second-order valence-electron chi connectivity index (χ2n) is 6.42. The van der Waals surface area contributed by atoms with Crippen LogP contribution in [-0.2, 0) is 0 Å². The number of carboxylic acid groups (broad SMARTS) is 1. The third-order valence-corrected chi connectivity index (χ3v) is 4.42. The van der Waals surface area contributed by atoms with E-state index in [1.165, 1.54) is 38.5 Å². The molecule has 0 atom stereocenters. The predicted molar refractivity (Wildman–Crippen MR) is 113 cm³/mol. The van der Waals surface area contributed by atoms with E-state index in [1.54, 1.807) is 42.5 Å². The van der Waals surface area contributed by atoms with Crippen molar-refractivity contribution in [1.29, 1.82) is 0 Å². The van der Waals surface area contributed by atoms with Crippen LogP contribution in [0, 0.1) is 0 Å². The molecule has 3 rings (SSSR count). The van der Waals surface area contributed by atoms with Gasteiger partial charge in [-0.1, -0.05) is 18.2 Å². The molecule has 8 heteroatoms. The Morgan fingerprint density at radius 3 is 1.68 bits per heavy atom. The molecule has 2 N–H and O–H groups in total. The molecule has 3 aromatic carbocycles. The van der Waals surface area contributed by atoms with E-state index in [2.05, 4.69) is 10.6 Å². The van der Waals surface area contributed by atoms with Gasteiger partial charge < -0.3 is 30.0 Å². The standard InChI is InChI=1S/C23H20N2O6/c1-30-17-7-3-5-14(11-17)21(26)24-19-10-9-16(23(28)29)13-20(19)25-22(27)15-6-4-8-18(12-15)31-2/h3-13H,1-2H3,(H,24,26)(H,25,27)(H,28,29)/p-1. The van der Waals surface area contributed by atoms with Crippen molar-refractivity contribution in [3.05, 3.63) is 83.4 Å². The van der Waals surface area contributed by atoms with E-state index in [9.17, 15) is 19.5 Å². The van der Waals surface area contributed by atoms with Crippen LogP contribution < -0.4 is 25.2 Å². The molecule has 8 nitrogen and oxygen atoms in total. The van der Waals surface area contributed by atoms with Crippen molar-refractivity contribution >= 4 is 29.2 Å². The van der Waals surface area contributed by atoms with Gasteiger partial charge in [-0.3, -0.25) is 9.59 Å². The van der Waals surface area contributed by atoms with Crippen LogP contribution in [0.15, 0.2) is 66.7 Å². The number of aromatic carboxylic acids is 1. The highest BCUT2D eigenvalue weighted by Gasteiger charge is 2.14. The lowest BCUT2D eigenvalue weighted by Gasteiger charge is -2.15. The molecule has 0 aromatic heterocycles. The van der Waals surface area contributed by atoms with Gasteiger partial charge in [0.05, 0.1) is 31.6 Å². The second-order valence-corrected chi connectivity index (χ2v) is 6.42. The minimum absolute atomic E-state index is 0.103. The zero-order chi connectivity index (χ0) is 22.4. The Labute approximate surface area is 178 Å². The number of carboxylic acids is 1. The van der Waals surface area contributed by atoms with E-state index in [1.807, 2.05) is 0 Å². The largest absolute Gasteiger partial charge is 0.545 e. The molecule has 0 aliphatic rings. The smallest absolute Gasteiger partial charge is 0.255 e. The van der Waals surface area contributed by atoms with E-state index < -0.39 is 17.8 Å². The Morgan fingerprint density at radius 2 is 1.19 bits per heavy atom. The Kier molecular flexibility index (Phi) is 6.51. The number of anilines is 2. The molecule has 0 unspecified atom stereocenters. The number of amides is 2. The number of hydrogen-bond donors (Lipinski definition) is 2. The monoisotopic (exact) mass is 419 g/mol. The van der Waals surface area contributed by atoms with E-state index in [0.717, 1.165) is 0 Å². The van der Waals surface area contributed by atoms with Crippen molar-refractivity contribution < 1.29 is 29.0 Å². The lowest BCUT2D eigenvalue weighted by molar-refractivity contribution is -0.255. The summed E-state index contributed by atoms with van der Waals surface area (Å²) >= 11 is 0. The molecule has 31 heavy (non-hydrogen) atoms. The lowest BCUT2D eigenvalue weighted by atomic mass is 10.1. The topological polar surface area (TPSA) is 117 Å². The summed E-state index contributed by atoms with van der Waals surface area (Å²) in [6, 6.07) is 16.8. The van der Waals surface area contributed by atoms with Crippen LogP contribution in [0.3, 0.4) is 0 Å². The lowest BCUT2D eigenvalue weighted by Crippen LogP contribution is -2.23. The summed E-state index contributed by atoms with van der Waals surface area (Å²) in [4.78, 5) is 36.6. The summed E-state index contributed by atoms with van der Waals surface area (Å²) in [5.41, 5.74) is 0.789. The molecule has 158 valence electrons. The summed E-state index contributed by atoms with van der Waals surface area (Å²) in [6.45, 7) is 0. The van der Waals surface area contributed by atoms with Crippen molar-refractivity contribution in [2.24, 2.45) is 0 Å². The van der Waals surface area contributed by atoms with Gasteiger partial charge in [0.15, 0.2) is 0 Å². The highest BCUT2D eigenvalue weighted by molar-refractivity contribution is 6.10. The Hall–Kier alpha value is -4.33. The molecule has 0 heterocycles. The van der Waals surface area contributed by atoms with Gasteiger partial charge in [0.1, 0.15) is 11.5 Å². The first-order chi connectivity index (χ1) is 14.9. The van der Waals surface area contributed by atoms with Gasteiger partial charge in [0.2, 0.25) is 0 Å². The maximum absolute atomic E-state index is 12.7. The highest BCUT2D eigenvalue weighted by atomic mass is 16.5. The van der Waals surface area contributed by atoms with E-state index >= 15 is 0 Å². The molecule has 2 amide bonds. The summed E-state index contributed by atoms with van der Waals surface area (Å²) in [5, 5.41) is 16.6. The molecular weight excluding hydrogens is 400 g/mol. The van der Waals surface area contributed by atoms with Crippen LogP contribution in [0.25, 0.3) is 0 Å². The van der Waals surface area contributed by atoms with Crippen molar-refractivity contribution in [2.75, 3.05) is 24.9 Å². The third kappa shape index (κ3) is 5.18. The number of carbonyl (C=O) groups is 3. The second kappa shape index (κ2) is 9.45. The van der Waals surface area contributed by atoms with Gasteiger partial charge in [-0.05, 0) is 54.1 Å². The predicted octanol–water partition coefficient (Wildman–Crippen LogP) is 2.57. The van der Waals surface area contributed by atoms with E-state index in [0.29, 0.717) is 22.6 Å². The molecule has 0 spiro atoms. The van der Waals surface area contributed by atoms with E-state index in [-0.39, 0.29) is 16.9 Å². The molecule has 0 aliphatic carbocycles. The van der Waals surface area contributed by atoms with Gasteiger partial charge in [0.25, 0.3) is 11.8 Å². The average Bonchev–Trinajstić information content (AvgIpc) is 2.79. The first-order valence-electron chi connectivity index (χ1n) is 9.17. The maximum Gasteiger partial charge on any atom is 0.255 e. The summed E-state index contributed by atoms with van der Waals surface area (Å²) < 4.78 is 10.2. The van der Waals surface area contributed by atoms with Crippen LogP contribution in [0.2, 0.25) is 0 Å². The van der Waals surface area contributed by atoms with Gasteiger partial charge in [-0.2, -0.15) is 0 Å². The number of hydrogen-bond acceptors (Lipinski definition) is 6.